The van der Waals surface area contributed by atoms with Gasteiger partial charge in [-0.3, -0.25) is 4.79 Å². The maximum atomic E-state index is 12.3. The van der Waals surface area contributed by atoms with Crippen molar-refractivity contribution in [3.8, 4) is 0 Å². The fourth-order valence-corrected chi connectivity index (χ4v) is 3.46. The number of hydrogen-bond acceptors (Lipinski definition) is 3. The van der Waals surface area contributed by atoms with E-state index < -0.39 is 0 Å². The van der Waals surface area contributed by atoms with Crippen LogP contribution < -0.4 is 5.73 Å². The Labute approximate surface area is 143 Å². The largest absolute Gasteiger partial charge is 0.326 e. The van der Waals surface area contributed by atoms with Gasteiger partial charge in [-0.2, -0.15) is 0 Å². The molecule has 0 fully saturated rings. The molecule has 2 aromatic rings. The highest BCUT2D eigenvalue weighted by Crippen LogP contribution is 2.22. The van der Waals surface area contributed by atoms with Crippen LogP contribution in [0.15, 0.2) is 42.5 Å². The lowest BCUT2D eigenvalue weighted by atomic mass is 10.00. The van der Waals surface area contributed by atoms with Gasteiger partial charge in [0.1, 0.15) is 0 Å². The van der Waals surface area contributed by atoms with Crippen molar-refractivity contribution in [3.63, 3.8) is 0 Å². The number of benzene rings is 1. The predicted octanol–water partition coefficient (Wildman–Crippen LogP) is 5.01. The van der Waals surface area contributed by atoms with E-state index in [1.54, 1.807) is 11.3 Å². The topological polar surface area (TPSA) is 43.1 Å². The molecule has 0 radical (unpaired) electrons. The predicted molar refractivity (Wildman–Crippen MR) is 99.2 cm³/mol. The van der Waals surface area contributed by atoms with Crippen LogP contribution in [0.2, 0.25) is 0 Å². The Balaban J connectivity index is 1.72. The van der Waals surface area contributed by atoms with Crippen molar-refractivity contribution < 1.29 is 4.79 Å². The molecule has 0 atom stereocenters. The summed E-state index contributed by atoms with van der Waals surface area (Å²) in [5, 5.41) is 0. The first-order valence-electron chi connectivity index (χ1n) is 8.39. The summed E-state index contributed by atoms with van der Waals surface area (Å²) in [4.78, 5) is 14.4. The summed E-state index contributed by atoms with van der Waals surface area (Å²) in [5.41, 5.74) is 7.22. The van der Waals surface area contributed by atoms with Gasteiger partial charge < -0.3 is 5.73 Å². The van der Waals surface area contributed by atoms with Gasteiger partial charge in [0.05, 0.1) is 4.88 Å². The molecule has 23 heavy (non-hydrogen) atoms. The molecule has 0 amide bonds. The third-order valence-electron chi connectivity index (χ3n) is 3.91. The summed E-state index contributed by atoms with van der Waals surface area (Å²) in [6.45, 7) is 4.08. The summed E-state index contributed by atoms with van der Waals surface area (Å²) >= 11 is 1.63. The molecule has 0 aliphatic rings. The maximum absolute atomic E-state index is 12.3. The number of rotatable bonds is 9. The minimum Gasteiger partial charge on any atom is -0.326 e. The average molecular weight is 330 g/mol. The lowest BCUT2D eigenvalue weighted by molar-refractivity contribution is 0.0983. The zero-order valence-electron chi connectivity index (χ0n) is 14.2. The SMILES string of the molecule is CC(C)(N)CCc1ccc(C(=O)CCCCc2ccccc2)s1. The van der Waals surface area contributed by atoms with Gasteiger partial charge in [0.2, 0.25) is 0 Å². The third-order valence-corrected chi connectivity index (χ3v) is 5.10. The van der Waals surface area contributed by atoms with Gasteiger partial charge in [-0.25, -0.2) is 0 Å². The normalized spacial score (nSPS) is 11.6. The number of thiophene rings is 1. The molecule has 0 saturated carbocycles. The number of hydrogen-bond donors (Lipinski definition) is 1. The van der Waals surface area contributed by atoms with Gasteiger partial charge in [0.25, 0.3) is 0 Å². The van der Waals surface area contributed by atoms with E-state index in [2.05, 4.69) is 30.3 Å². The van der Waals surface area contributed by atoms with Crippen molar-refractivity contribution in [2.75, 3.05) is 0 Å². The van der Waals surface area contributed by atoms with Crippen LogP contribution in [0.1, 0.15) is 59.6 Å². The number of ketones is 1. The summed E-state index contributed by atoms with van der Waals surface area (Å²) < 4.78 is 0. The maximum Gasteiger partial charge on any atom is 0.172 e. The Morgan fingerprint density at radius 1 is 1.04 bits per heavy atom. The molecule has 0 bridgehead atoms. The quantitative estimate of drug-likeness (QED) is 0.519. The Kier molecular flexibility index (Phi) is 6.55. The number of carbonyl (C=O) groups excluding carboxylic acids is 1. The minimum absolute atomic E-state index is 0.147. The molecule has 3 heteroatoms. The fraction of sp³-hybridized carbons (Fsp3) is 0.450. The standard InChI is InChI=1S/C20H27NOS/c1-20(2,21)15-14-17-12-13-19(23-17)18(22)11-7-6-10-16-8-4-3-5-9-16/h3-5,8-9,12-13H,6-7,10-11,14-15,21H2,1-2H3. The molecule has 2 nitrogen and oxygen atoms in total. The number of unbranched alkanes of at least 4 members (excludes halogenated alkanes) is 1. The first-order chi connectivity index (χ1) is 10.9. The van der Waals surface area contributed by atoms with E-state index >= 15 is 0 Å². The zero-order valence-corrected chi connectivity index (χ0v) is 15.0. The smallest absolute Gasteiger partial charge is 0.172 e. The molecular formula is C20H27NOS. The second-order valence-electron chi connectivity index (χ2n) is 6.87. The van der Waals surface area contributed by atoms with Crippen LogP contribution in [-0.4, -0.2) is 11.3 Å². The fourth-order valence-electron chi connectivity index (χ4n) is 2.49. The lowest BCUT2D eigenvalue weighted by Gasteiger charge is -2.17. The van der Waals surface area contributed by atoms with Crippen LogP contribution in [0.5, 0.6) is 0 Å². The van der Waals surface area contributed by atoms with Crippen LogP contribution in [0, 0.1) is 0 Å². The molecule has 0 aliphatic heterocycles. The van der Waals surface area contributed by atoms with E-state index in [0.717, 1.165) is 37.0 Å². The molecule has 1 heterocycles. The Morgan fingerprint density at radius 3 is 2.48 bits per heavy atom. The van der Waals surface area contributed by atoms with E-state index in [9.17, 15) is 4.79 Å². The molecule has 0 spiro atoms. The third kappa shape index (κ3) is 6.67. The van der Waals surface area contributed by atoms with Crippen molar-refractivity contribution in [2.45, 2.75) is 57.9 Å². The molecule has 1 aromatic carbocycles. The van der Waals surface area contributed by atoms with Crippen LogP contribution in [0.4, 0.5) is 0 Å². The molecule has 0 aliphatic carbocycles. The van der Waals surface area contributed by atoms with Crippen LogP contribution in [0.25, 0.3) is 0 Å². The summed E-state index contributed by atoms with van der Waals surface area (Å²) in [5.74, 6) is 0.279. The molecular weight excluding hydrogens is 302 g/mol. The van der Waals surface area contributed by atoms with Gasteiger partial charge in [0, 0.05) is 16.8 Å². The van der Waals surface area contributed by atoms with Crippen molar-refractivity contribution in [1.29, 1.82) is 0 Å². The van der Waals surface area contributed by atoms with Crippen LogP contribution in [-0.2, 0) is 12.8 Å². The monoisotopic (exact) mass is 329 g/mol. The first-order valence-corrected chi connectivity index (χ1v) is 9.20. The Bertz CT molecular complexity index is 610. The number of carbonyl (C=O) groups is 1. The molecule has 124 valence electrons. The molecule has 1 aromatic heterocycles. The summed E-state index contributed by atoms with van der Waals surface area (Å²) in [6.07, 6.45) is 5.62. The second-order valence-corrected chi connectivity index (χ2v) is 8.04. The zero-order chi connectivity index (χ0) is 16.7. The van der Waals surface area contributed by atoms with E-state index in [-0.39, 0.29) is 11.3 Å². The second kappa shape index (κ2) is 8.42. The highest BCUT2D eigenvalue weighted by Gasteiger charge is 2.13. The van der Waals surface area contributed by atoms with E-state index in [4.69, 9.17) is 5.73 Å². The highest BCUT2D eigenvalue weighted by molar-refractivity contribution is 7.14. The lowest BCUT2D eigenvalue weighted by Crippen LogP contribution is -2.32. The van der Waals surface area contributed by atoms with Crippen LogP contribution >= 0.6 is 11.3 Å². The molecule has 0 unspecified atom stereocenters. The highest BCUT2D eigenvalue weighted by atomic mass is 32.1. The van der Waals surface area contributed by atoms with E-state index in [1.807, 2.05) is 26.0 Å². The first kappa shape index (κ1) is 17.9. The van der Waals surface area contributed by atoms with Crippen molar-refractivity contribution >= 4 is 17.1 Å². The molecule has 2 rings (SSSR count). The Hall–Kier alpha value is -1.45. The van der Waals surface area contributed by atoms with Crippen molar-refractivity contribution in [1.82, 2.24) is 0 Å². The molecule has 2 N–H and O–H groups in total. The van der Waals surface area contributed by atoms with Gasteiger partial charge in [0.15, 0.2) is 5.78 Å². The number of aryl methyl sites for hydroxylation is 2. The van der Waals surface area contributed by atoms with Crippen molar-refractivity contribution in [3.05, 3.63) is 57.8 Å². The van der Waals surface area contributed by atoms with E-state index in [0.29, 0.717) is 6.42 Å². The van der Waals surface area contributed by atoms with Gasteiger partial charge in [-0.15, -0.1) is 11.3 Å². The van der Waals surface area contributed by atoms with Gasteiger partial charge >= 0.3 is 0 Å². The van der Waals surface area contributed by atoms with Gasteiger partial charge in [-0.1, -0.05) is 30.3 Å². The number of nitrogens with two attached hydrogens (primary N) is 1. The number of Topliss-reactive ketones (excluding diaryl/α,β-unsaturated/α-hetero) is 1. The van der Waals surface area contributed by atoms with Crippen LogP contribution in [0.3, 0.4) is 0 Å². The minimum atomic E-state index is -0.147. The van der Waals surface area contributed by atoms with E-state index in [1.165, 1.54) is 10.4 Å². The van der Waals surface area contributed by atoms with Crippen molar-refractivity contribution in [2.24, 2.45) is 5.73 Å². The summed E-state index contributed by atoms with van der Waals surface area (Å²) in [7, 11) is 0. The summed E-state index contributed by atoms with van der Waals surface area (Å²) in [6, 6.07) is 14.5. The molecule has 0 saturated heterocycles. The van der Waals surface area contributed by atoms with Gasteiger partial charge in [-0.05, 0) is 63.6 Å². The average Bonchev–Trinajstić information content (AvgIpc) is 2.99. The Morgan fingerprint density at radius 2 is 1.78 bits per heavy atom.